The van der Waals surface area contributed by atoms with Crippen LogP contribution in [0, 0.1) is 11.2 Å². The smallest absolute Gasteiger partial charge is 0.255 e. The second-order valence-electron chi connectivity index (χ2n) is 7.11. The summed E-state index contributed by atoms with van der Waals surface area (Å²) in [6, 6.07) is 5.84. The molecule has 0 radical (unpaired) electrons. The van der Waals surface area contributed by atoms with Crippen molar-refractivity contribution < 1.29 is 18.0 Å². The number of rotatable bonds is 5. The van der Waals surface area contributed by atoms with Gasteiger partial charge in [0.15, 0.2) is 5.82 Å². The molecule has 1 aliphatic heterocycles. The van der Waals surface area contributed by atoms with Crippen LogP contribution in [0.3, 0.4) is 0 Å². The highest BCUT2D eigenvalue weighted by molar-refractivity contribution is 5.97. The van der Waals surface area contributed by atoms with E-state index in [0.29, 0.717) is 17.1 Å². The first kappa shape index (κ1) is 20.5. The fourth-order valence-corrected chi connectivity index (χ4v) is 3.29. The predicted molar refractivity (Wildman–Crippen MR) is 107 cm³/mol. The van der Waals surface area contributed by atoms with Gasteiger partial charge < -0.3 is 15.6 Å². The number of halogens is 3. The first-order valence-electron chi connectivity index (χ1n) is 9.46. The molecule has 3 aromatic rings. The molecular weight excluding hydrogens is 411 g/mol. The molecule has 1 amide bonds. The van der Waals surface area contributed by atoms with Gasteiger partial charge in [0.2, 0.25) is 0 Å². The zero-order chi connectivity index (χ0) is 22.0. The number of H-pyrrole nitrogens is 1. The lowest BCUT2D eigenvalue weighted by molar-refractivity contribution is -0.0494. The molecular formula is C20H18F3N7O. The summed E-state index contributed by atoms with van der Waals surface area (Å²) in [6.45, 7) is -0.0782. The van der Waals surface area contributed by atoms with Crippen LogP contribution < -0.4 is 5.32 Å². The van der Waals surface area contributed by atoms with E-state index in [1.807, 2.05) is 0 Å². The first-order valence-corrected chi connectivity index (χ1v) is 9.46. The Morgan fingerprint density at radius 3 is 2.65 bits per heavy atom. The number of anilines is 2. The molecule has 0 bridgehead atoms. The van der Waals surface area contributed by atoms with Gasteiger partial charge in [0.25, 0.3) is 11.8 Å². The average Bonchev–Trinajstić information content (AvgIpc) is 3.28. The van der Waals surface area contributed by atoms with E-state index in [1.54, 1.807) is 6.07 Å². The highest BCUT2D eigenvalue weighted by atomic mass is 19.3. The van der Waals surface area contributed by atoms with Gasteiger partial charge in [0, 0.05) is 49.6 Å². The van der Waals surface area contributed by atoms with Crippen molar-refractivity contribution in [3.05, 3.63) is 53.7 Å². The topological polar surface area (TPSA) is 111 Å². The Kier molecular flexibility index (Phi) is 5.40. The average molecular weight is 429 g/mol. The third-order valence-corrected chi connectivity index (χ3v) is 5.00. The summed E-state index contributed by atoms with van der Waals surface area (Å²) in [5.41, 5.74) is 1.12. The summed E-state index contributed by atoms with van der Waals surface area (Å²) in [6.07, 6.45) is 2.84. The van der Waals surface area contributed by atoms with E-state index >= 15 is 0 Å². The highest BCUT2D eigenvalue weighted by Gasteiger charge is 2.35. The number of hydrogen-bond donors (Lipinski definition) is 3. The lowest BCUT2D eigenvalue weighted by Gasteiger charge is -2.31. The number of carbonyl (C=O) groups excluding carboxylic acids is 1. The summed E-state index contributed by atoms with van der Waals surface area (Å²) in [5.74, 6) is -3.16. The van der Waals surface area contributed by atoms with Crippen molar-refractivity contribution in [3.8, 4) is 11.4 Å². The van der Waals surface area contributed by atoms with Crippen LogP contribution in [0.4, 0.5) is 24.7 Å². The Labute approximate surface area is 175 Å². The van der Waals surface area contributed by atoms with E-state index in [4.69, 9.17) is 5.41 Å². The largest absolute Gasteiger partial charge is 0.340 e. The normalized spacial score (nSPS) is 15.5. The maximum atomic E-state index is 14.4. The van der Waals surface area contributed by atoms with Crippen molar-refractivity contribution in [3.63, 3.8) is 0 Å². The van der Waals surface area contributed by atoms with Crippen LogP contribution in [0.25, 0.3) is 11.4 Å². The lowest BCUT2D eigenvalue weighted by Crippen LogP contribution is -2.42. The molecule has 0 saturated carbocycles. The second-order valence-corrected chi connectivity index (χ2v) is 7.11. The molecule has 3 heterocycles. The molecule has 1 aromatic carbocycles. The Morgan fingerprint density at radius 2 is 2.00 bits per heavy atom. The van der Waals surface area contributed by atoms with E-state index in [9.17, 15) is 18.0 Å². The van der Waals surface area contributed by atoms with Gasteiger partial charge in [0.1, 0.15) is 18.0 Å². The van der Waals surface area contributed by atoms with Gasteiger partial charge in [-0.1, -0.05) is 0 Å². The van der Waals surface area contributed by atoms with Crippen LogP contribution in [0.2, 0.25) is 0 Å². The number of aromatic amines is 1. The number of benzene rings is 1. The van der Waals surface area contributed by atoms with Crippen molar-refractivity contribution in [2.45, 2.75) is 18.8 Å². The molecule has 2 aromatic heterocycles. The van der Waals surface area contributed by atoms with E-state index in [-0.39, 0.29) is 42.9 Å². The van der Waals surface area contributed by atoms with E-state index in [1.165, 1.54) is 35.6 Å². The number of pyridine rings is 1. The van der Waals surface area contributed by atoms with Crippen molar-refractivity contribution in [1.82, 2.24) is 25.1 Å². The van der Waals surface area contributed by atoms with Crippen LogP contribution in [-0.2, 0) is 0 Å². The number of nitrogens with one attached hydrogen (secondary N) is 3. The van der Waals surface area contributed by atoms with Gasteiger partial charge >= 0.3 is 0 Å². The van der Waals surface area contributed by atoms with E-state index in [0.717, 1.165) is 6.21 Å². The molecule has 3 N–H and O–H groups in total. The standard InChI is InChI=1S/C20H18F3N7O/c21-16-8-14(1-2-15(16)18-26-11-27-29-18)28-17-12(9-24)7-13(10-25-17)19(31)30-5-3-20(22,23)4-6-30/h1-2,7-11,24H,3-6H2,(H,25,28)(H,26,27,29). The number of likely N-dealkylation sites (tertiary alicyclic amines) is 1. The Balaban J connectivity index is 1.52. The van der Waals surface area contributed by atoms with E-state index in [2.05, 4.69) is 25.5 Å². The lowest BCUT2D eigenvalue weighted by atomic mass is 10.1. The minimum Gasteiger partial charge on any atom is -0.340 e. The zero-order valence-corrected chi connectivity index (χ0v) is 16.2. The van der Waals surface area contributed by atoms with Crippen molar-refractivity contribution in [1.29, 1.82) is 5.41 Å². The fourth-order valence-electron chi connectivity index (χ4n) is 3.29. The molecule has 11 heteroatoms. The molecule has 8 nitrogen and oxygen atoms in total. The summed E-state index contributed by atoms with van der Waals surface area (Å²) in [4.78, 5) is 22.1. The maximum Gasteiger partial charge on any atom is 0.255 e. The molecule has 0 spiro atoms. The Hall–Kier alpha value is -3.76. The third kappa shape index (κ3) is 4.39. The summed E-state index contributed by atoms with van der Waals surface area (Å²) < 4.78 is 41.1. The molecule has 1 saturated heterocycles. The summed E-state index contributed by atoms with van der Waals surface area (Å²) in [5, 5.41) is 16.8. The molecule has 0 aliphatic carbocycles. The number of nitrogens with zero attached hydrogens (tertiary/aromatic N) is 4. The van der Waals surface area contributed by atoms with Crippen LogP contribution in [0.1, 0.15) is 28.8 Å². The number of aromatic nitrogens is 4. The monoisotopic (exact) mass is 429 g/mol. The molecule has 0 unspecified atom stereocenters. The predicted octanol–water partition coefficient (Wildman–Crippen LogP) is 3.62. The Morgan fingerprint density at radius 1 is 1.23 bits per heavy atom. The minimum atomic E-state index is -2.75. The molecule has 1 aliphatic rings. The number of hydrogen-bond acceptors (Lipinski definition) is 6. The quantitative estimate of drug-likeness (QED) is 0.537. The number of amides is 1. The van der Waals surface area contributed by atoms with Crippen molar-refractivity contribution in [2.75, 3.05) is 18.4 Å². The second kappa shape index (κ2) is 8.17. The SMILES string of the molecule is N=Cc1cc(C(=O)N2CCC(F)(F)CC2)cnc1Nc1ccc(-c2ncn[nH]2)c(F)c1. The number of alkyl halides is 2. The van der Waals surface area contributed by atoms with Gasteiger partial charge in [-0.3, -0.25) is 9.89 Å². The van der Waals surface area contributed by atoms with Gasteiger partial charge in [-0.05, 0) is 24.3 Å². The summed E-state index contributed by atoms with van der Waals surface area (Å²) in [7, 11) is 0. The van der Waals surface area contributed by atoms with E-state index < -0.39 is 17.6 Å². The van der Waals surface area contributed by atoms with Gasteiger partial charge in [-0.25, -0.2) is 23.1 Å². The van der Waals surface area contributed by atoms with Crippen molar-refractivity contribution >= 4 is 23.6 Å². The molecule has 31 heavy (non-hydrogen) atoms. The number of carbonyl (C=O) groups is 1. The molecule has 160 valence electrons. The fraction of sp³-hybridized carbons (Fsp3) is 0.250. The van der Waals surface area contributed by atoms with Gasteiger partial charge in [-0.2, -0.15) is 5.10 Å². The van der Waals surface area contributed by atoms with Crippen molar-refractivity contribution in [2.24, 2.45) is 0 Å². The highest BCUT2D eigenvalue weighted by Crippen LogP contribution is 2.29. The zero-order valence-electron chi connectivity index (χ0n) is 16.2. The molecule has 0 atom stereocenters. The summed E-state index contributed by atoms with van der Waals surface area (Å²) >= 11 is 0. The first-order chi connectivity index (χ1) is 14.9. The van der Waals surface area contributed by atoms with Crippen LogP contribution in [0.5, 0.6) is 0 Å². The third-order valence-electron chi connectivity index (χ3n) is 5.00. The van der Waals surface area contributed by atoms with Crippen LogP contribution in [0.15, 0.2) is 36.8 Å². The number of piperidine rings is 1. The Bertz CT molecular complexity index is 1110. The molecule has 4 rings (SSSR count). The maximum absolute atomic E-state index is 14.4. The minimum absolute atomic E-state index is 0.0391. The van der Waals surface area contributed by atoms with Gasteiger partial charge in [0.05, 0.1) is 11.1 Å². The van der Waals surface area contributed by atoms with Gasteiger partial charge in [-0.15, -0.1) is 0 Å². The van der Waals surface area contributed by atoms with Crippen LogP contribution >= 0.6 is 0 Å². The van der Waals surface area contributed by atoms with Crippen LogP contribution in [-0.4, -0.2) is 56.2 Å². The molecule has 1 fully saturated rings.